The first-order chi connectivity index (χ1) is 8.15. The molecular formula is C12H21NO4. The number of aliphatic carboxylic acids is 1. The molecule has 1 rings (SSSR count). The lowest BCUT2D eigenvalue weighted by atomic mass is 9.97. The van der Waals surface area contributed by atoms with Crippen molar-refractivity contribution in [2.24, 2.45) is 0 Å². The van der Waals surface area contributed by atoms with E-state index in [1.807, 2.05) is 4.90 Å². The summed E-state index contributed by atoms with van der Waals surface area (Å²) in [6, 6.07) is 0.101. The first-order valence-electron chi connectivity index (χ1n) is 6.15. The number of ether oxygens (including phenoxy) is 1. The molecule has 1 saturated heterocycles. The van der Waals surface area contributed by atoms with Crippen LogP contribution in [0.4, 0.5) is 0 Å². The summed E-state index contributed by atoms with van der Waals surface area (Å²) in [5, 5.41) is 8.69. The molecule has 1 aliphatic rings. The van der Waals surface area contributed by atoms with Gasteiger partial charge in [-0.25, -0.2) is 0 Å². The Hall–Kier alpha value is -1.10. The Morgan fingerprint density at radius 1 is 1.35 bits per heavy atom. The fourth-order valence-corrected chi connectivity index (χ4v) is 2.25. The SMILES string of the molecule is COCCC(=O)N1CCCC[C@H]1CCC(=O)O. The predicted octanol–water partition coefficient (Wildman–Crippen LogP) is 1.27. The van der Waals surface area contributed by atoms with Crippen molar-refractivity contribution in [2.75, 3.05) is 20.3 Å². The Bertz CT molecular complexity index is 267. The molecule has 1 atom stereocenters. The number of methoxy groups -OCH3 is 1. The van der Waals surface area contributed by atoms with Crippen molar-refractivity contribution in [3.63, 3.8) is 0 Å². The van der Waals surface area contributed by atoms with Gasteiger partial charge < -0.3 is 14.7 Å². The minimum absolute atomic E-state index is 0.0851. The summed E-state index contributed by atoms with van der Waals surface area (Å²) in [4.78, 5) is 24.3. The van der Waals surface area contributed by atoms with Gasteiger partial charge in [0.25, 0.3) is 0 Å². The van der Waals surface area contributed by atoms with Gasteiger partial charge in [-0.2, -0.15) is 0 Å². The van der Waals surface area contributed by atoms with Gasteiger partial charge in [-0.1, -0.05) is 0 Å². The average molecular weight is 243 g/mol. The molecule has 5 heteroatoms. The number of hydrogen-bond donors (Lipinski definition) is 1. The van der Waals surface area contributed by atoms with Crippen LogP contribution in [0.3, 0.4) is 0 Å². The van der Waals surface area contributed by atoms with E-state index in [0.717, 1.165) is 25.8 Å². The molecule has 98 valence electrons. The molecule has 1 aliphatic heterocycles. The second kappa shape index (κ2) is 7.27. The Balaban J connectivity index is 2.46. The minimum atomic E-state index is -0.792. The molecule has 1 fully saturated rings. The van der Waals surface area contributed by atoms with Gasteiger partial charge in [-0.15, -0.1) is 0 Å². The second-order valence-electron chi connectivity index (χ2n) is 4.41. The summed E-state index contributed by atoms with van der Waals surface area (Å²) in [6.07, 6.45) is 4.11. The van der Waals surface area contributed by atoms with Gasteiger partial charge in [0.1, 0.15) is 0 Å². The van der Waals surface area contributed by atoms with Gasteiger partial charge in [0, 0.05) is 26.1 Å². The first-order valence-corrected chi connectivity index (χ1v) is 6.15. The zero-order valence-electron chi connectivity index (χ0n) is 10.4. The van der Waals surface area contributed by atoms with Crippen LogP contribution in [-0.2, 0) is 14.3 Å². The molecule has 0 aromatic carbocycles. The van der Waals surface area contributed by atoms with E-state index in [2.05, 4.69) is 0 Å². The Morgan fingerprint density at radius 2 is 2.12 bits per heavy atom. The van der Waals surface area contributed by atoms with Crippen LogP contribution in [0, 0.1) is 0 Å². The number of carbonyl (C=O) groups excluding carboxylic acids is 1. The highest BCUT2D eigenvalue weighted by molar-refractivity contribution is 5.76. The van der Waals surface area contributed by atoms with E-state index in [4.69, 9.17) is 9.84 Å². The molecule has 1 N–H and O–H groups in total. The van der Waals surface area contributed by atoms with Crippen LogP contribution in [0.15, 0.2) is 0 Å². The van der Waals surface area contributed by atoms with Crippen LogP contribution < -0.4 is 0 Å². The van der Waals surface area contributed by atoms with Gasteiger partial charge >= 0.3 is 5.97 Å². The smallest absolute Gasteiger partial charge is 0.303 e. The molecule has 1 heterocycles. The second-order valence-corrected chi connectivity index (χ2v) is 4.41. The van der Waals surface area contributed by atoms with Crippen molar-refractivity contribution >= 4 is 11.9 Å². The summed E-state index contributed by atoms with van der Waals surface area (Å²) in [7, 11) is 1.57. The number of piperidine rings is 1. The highest BCUT2D eigenvalue weighted by Gasteiger charge is 2.26. The third kappa shape index (κ3) is 4.73. The number of likely N-dealkylation sites (tertiary alicyclic amines) is 1. The molecule has 0 unspecified atom stereocenters. The van der Waals surface area contributed by atoms with Gasteiger partial charge in [-0.3, -0.25) is 9.59 Å². The maximum absolute atomic E-state index is 11.9. The number of nitrogens with zero attached hydrogens (tertiary/aromatic N) is 1. The van der Waals surface area contributed by atoms with Crippen molar-refractivity contribution in [3.8, 4) is 0 Å². The molecule has 1 amide bonds. The van der Waals surface area contributed by atoms with Gasteiger partial charge in [-0.05, 0) is 25.7 Å². The Morgan fingerprint density at radius 3 is 2.76 bits per heavy atom. The van der Waals surface area contributed by atoms with Crippen molar-refractivity contribution in [3.05, 3.63) is 0 Å². The van der Waals surface area contributed by atoms with Crippen molar-refractivity contribution in [1.29, 1.82) is 0 Å². The lowest BCUT2D eigenvalue weighted by molar-refractivity contribution is -0.140. The molecule has 17 heavy (non-hydrogen) atoms. The van der Waals surface area contributed by atoms with Crippen molar-refractivity contribution < 1.29 is 19.4 Å². The molecule has 0 saturated carbocycles. The largest absolute Gasteiger partial charge is 0.481 e. The zero-order chi connectivity index (χ0) is 12.7. The van der Waals surface area contributed by atoms with Crippen molar-refractivity contribution in [1.82, 2.24) is 4.90 Å². The van der Waals surface area contributed by atoms with E-state index >= 15 is 0 Å². The standard InChI is InChI=1S/C12H21NO4/c1-17-9-7-11(14)13-8-3-2-4-10(13)5-6-12(15)16/h10H,2-9H2,1H3,(H,15,16)/t10-/m0/s1. The average Bonchev–Trinajstić information content (AvgIpc) is 2.33. The molecular weight excluding hydrogens is 222 g/mol. The van der Waals surface area contributed by atoms with E-state index in [1.165, 1.54) is 0 Å². The van der Waals surface area contributed by atoms with Crippen LogP contribution in [0.5, 0.6) is 0 Å². The monoisotopic (exact) mass is 243 g/mol. The zero-order valence-corrected chi connectivity index (χ0v) is 10.4. The maximum atomic E-state index is 11.9. The predicted molar refractivity (Wildman–Crippen MR) is 62.7 cm³/mol. The number of carboxylic acid groups (broad SMARTS) is 1. The van der Waals surface area contributed by atoms with Crippen LogP contribution in [-0.4, -0.2) is 48.2 Å². The molecule has 0 aliphatic carbocycles. The number of carboxylic acids is 1. The quantitative estimate of drug-likeness (QED) is 0.763. The lowest BCUT2D eigenvalue weighted by Crippen LogP contribution is -2.44. The van der Waals surface area contributed by atoms with E-state index in [1.54, 1.807) is 7.11 Å². The fraction of sp³-hybridized carbons (Fsp3) is 0.833. The van der Waals surface area contributed by atoms with Crippen LogP contribution in [0.1, 0.15) is 38.5 Å². The molecule has 0 aromatic heterocycles. The molecule has 0 radical (unpaired) electrons. The maximum Gasteiger partial charge on any atom is 0.303 e. The van der Waals surface area contributed by atoms with Crippen LogP contribution >= 0.6 is 0 Å². The Kier molecular flexibility index (Phi) is 5.97. The summed E-state index contributed by atoms with van der Waals surface area (Å²) in [5.41, 5.74) is 0. The first kappa shape index (κ1) is 14.0. The van der Waals surface area contributed by atoms with Crippen LogP contribution in [0.2, 0.25) is 0 Å². The summed E-state index contributed by atoms with van der Waals surface area (Å²) in [6.45, 7) is 1.19. The summed E-state index contributed by atoms with van der Waals surface area (Å²) >= 11 is 0. The Labute approximate surface area is 102 Å². The normalized spacial score (nSPS) is 20.3. The van der Waals surface area contributed by atoms with Gasteiger partial charge in [0.2, 0.25) is 5.91 Å². The number of hydrogen-bond acceptors (Lipinski definition) is 3. The summed E-state index contributed by atoms with van der Waals surface area (Å²) < 4.78 is 4.90. The molecule has 0 aromatic rings. The summed E-state index contributed by atoms with van der Waals surface area (Å²) in [5.74, 6) is -0.707. The number of amides is 1. The fourth-order valence-electron chi connectivity index (χ4n) is 2.25. The van der Waals surface area contributed by atoms with Crippen molar-refractivity contribution in [2.45, 2.75) is 44.6 Å². The van der Waals surface area contributed by atoms with E-state index in [9.17, 15) is 9.59 Å². The molecule has 0 bridgehead atoms. The van der Waals surface area contributed by atoms with Gasteiger partial charge in [0.05, 0.1) is 13.0 Å². The van der Waals surface area contributed by atoms with E-state index < -0.39 is 5.97 Å². The number of carbonyl (C=O) groups is 2. The minimum Gasteiger partial charge on any atom is -0.481 e. The molecule has 5 nitrogen and oxygen atoms in total. The molecule has 0 spiro atoms. The van der Waals surface area contributed by atoms with E-state index in [0.29, 0.717) is 19.4 Å². The number of rotatable bonds is 6. The highest BCUT2D eigenvalue weighted by Crippen LogP contribution is 2.21. The third-order valence-electron chi connectivity index (χ3n) is 3.16. The highest BCUT2D eigenvalue weighted by atomic mass is 16.5. The lowest BCUT2D eigenvalue weighted by Gasteiger charge is -2.35. The van der Waals surface area contributed by atoms with Crippen LogP contribution in [0.25, 0.3) is 0 Å². The topological polar surface area (TPSA) is 66.8 Å². The van der Waals surface area contributed by atoms with E-state index in [-0.39, 0.29) is 18.4 Å². The third-order valence-corrected chi connectivity index (χ3v) is 3.16. The van der Waals surface area contributed by atoms with Gasteiger partial charge in [0.15, 0.2) is 0 Å².